The van der Waals surface area contributed by atoms with Crippen molar-refractivity contribution in [1.82, 2.24) is 24.4 Å². The molecule has 4 aromatic rings. The van der Waals surface area contributed by atoms with E-state index in [1.807, 2.05) is 30.3 Å². The lowest BCUT2D eigenvalue weighted by atomic mass is 10.2. The number of aromatic nitrogens is 5. The van der Waals surface area contributed by atoms with Crippen LogP contribution in [0.15, 0.2) is 54.9 Å². The van der Waals surface area contributed by atoms with Crippen molar-refractivity contribution in [2.45, 2.75) is 26.4 Å². The third-order valence-corrected chi connectivity index (χ3v) is 4.57. The number of anilines is 1. The smallest absolute Gasteiger partial charge is 0.415 e. The number of carboxylic acids is 1. The summed E-state index contributed by atoms with van der Waals surface area (Å²) in [5.74, 6) is -0.883. The molecule has 0 atom stereocenters. The fraction of sp³-hybridized carbons (Fsp3) is 0.227. The van der Waals surface area contributed by atoms with Crippen molar-refractivity contribution in [3.8, 4) is 17.1 Å². The Labute approximate surface area is 183 Å². The maximum atomic E-state index is 12.7. The second kappa shape index (κ2) is 7.80. The fourth-order valence-corrected chi connectivity index (χ4v) is 3.08. The van der Waals surface area contributed by atoms with Crippen LogP contribution < -0.4 is 4.90 Å². The number of carbonyl (C=O) groups is 2. The highest BCUT2D eigenvalue weighted by molar-refractivity contribution is 5.95. The second-order valence-corrected chi connectivity index (χ2v) is 8.12. The SMILES string of the molecule is CN(C(=O)OC(C)(C)C)c1cc(-c2ccn(-c3ccccc3)n2)nc2c(C(=O)O)cnn12. The lowest BCUT2D eigenvalue weighted by molar-refractivity contribution is 0.0587. The van der Waals surface area contributed by atoms with E-state index >= 15 is 0 Å². The molecule has 0 radical (unpaired) electrons. The third-order valence-electron chi connectivity index (χ3n) is 4.57. The first-order chi connectivity index (χ1) is 15.1. The van der Waals surface area contributed by atoms with E-state index in [1.165, 1.54) is 22.7 Å². The lowest BCUT2D eigenvalue weighted by Gasteiger charge is -2.25. The molecule has 0 saturated carbocycles. The molecule has 32 heavy (non-hydrogen) atoms. The van der Waals surface area contributed by atoms with Crippen LogP contribution in [0, 0.1) is 0 Å². The van der Waals surface area contributed by atoms with Gasteiger partial charge < -0.3 is 9.84 Å². The summed E-state index contributed by atoms with van der Waals surface area (Å²) in [6.45, 7) is 5.29. The summed E-state index contributed by atoms with van der Waals surface area (Å²) < 4.78 is 8.44. The zero-order valence-electron chi connectivity index (χ0n) is 18.1. The Hall–Kier alpha value is -4.21. The molecule has 3 heterocycles. The molecule has 0 aliphatic rings. The summed E-state index contributed by atoms with van der Waals surface area (Å²) in [5.41, 5.74) is 1.06. The maximum absolute atomic E-state index is 12.7. The molecular weight excluding hydrogens is 412 g/mol. The highest BCUT2D eigenvalue weighted by Crippen LogP contribution is 2.26. The van der Waals surface area contributed by atoms with Gasteiger partial charge in [0.05, 0.1) is 17.6 Å². The first-order valence-corrected chi connectivity index (χ1v) is 9.84. The number of para-hydroxylation sites is 1. The van der Waals surface area contributed by atoms with Crippen molar-refractivity contribution in [1.29, 1.82) is 0 Å². The Kier molecular flexibility index (Phi) is 5.13. The van der Waals surface area contributed by atoms with Gasteiger partial charge in [-0.1, -0.05) is 18.2 Å². The molecule has 1 aromatic carbocycles. The number of rotatable bonds is 4. The highest BCUT2D eigenvalue weighted by Gasteiger charge is 2.25. The molecule has 0 bridgehead atoms. The Morgan fingerprint density at radius 2 is 1.81 bits per heavy atom. The summed E-state index contributed by atoms with van der Waals surface area (Å²) >= 11 is 0. The predicted octanol–water partition coefficient (Wildman–Crippen LogP) is 3.65. The number of hydrogen-bond donors (Lipinski definition) is 1. The summed E-state index contributed by atoms with van der Waals surface area (Å²) in [7, 11) is 1.53. The van der Waals surface area contributed by atoms with Gasteiger partial charge in [0.2, 0.25) is 0 Å². The van der Waals surface area contributed by atoms with Crippen molar-refractivity contribution in [2.24, 2.45) is 0 Å². The van der Waals surface area contributed by atoms with Gasteiger partial charge >= 0.3 is 12.1 Å². The average molecular weight is 434 g/mol. The molecule has 164 valence electrons. The summed E-state index contributed by atoms with van der Waals surface area (Å²) in [6, 6.07) is 12.9. The number of hydrogen-bond acceptors (Lipinski definition) is 6. The molecule has 0 spiro atoms. The van der Waals surface area contributed by atoms with Crippen LogP contribution in [-0.2, 0) is 4.74 Å². The summed E-state index contributed by atoms with van der Waals surface area (Å²) in [5, 5.41) is 18.2. The van der Waals surface area contributed by atoms with Gasteiger partial charge in [0.1, 0.15) is 22.7 Å². The van der Waals surface area contributed by atoms with E-state index in [0.717, 1.165) is 5.69 Å². The van der Waals surface area contributed by atoms with Crippen LogP contribution in [0.4, 0.5) is 10.6 Å². The number of amides is 1. The monoisotopic (exact) mass is 434 g/mol. The van der Waals surface area contributed by atoms with Crippen LogP contribution in [-0.4, -0.2) is 54.2 Å². The van der Waals surface area contributed by atoms with Crippen LogP contribution in [0.3, 0.4) is 0 Å². The van der Waals surface area contributed by atoms with Crippen LogP contribution in [0.5, 0.6) is 0 Å². The molecule has 0 aliphatic carbocycles. The van der Waals surface area contributed by atoms with Gasteiger partial charge in [0, 0.05) is 19.3 Å². The number of nitrogens with zero attached hydrogens (tertiary/aromatic N) is 6. The Balaban J connectivity index is 1.84. The molecule has 10 nitrogen and oxygen atoms in total. The van der Waals surface area contributed by atoms with E-state index in [-0.39, 0.29) is 11.2 Å². The van der Waals surface area contributed by atoms with Crippen molar-refractivity contribution in [3.05, 3.63) is 60.4 Å². The van der Waals surface area contributed by atoms with E-state index < -0.39 is 17.7 Å². The van der Waals surface area contributed by atoms with Gasteiger partial charge in [-0.3, -0.25) is 4.90 Å². The van der Waals surface area contributed by atoms with E-state index in [9.17, 15) is 14.7 Å². The molecule has 0 unspecified atom stereocenters. The van der Waals surface area contributed by atoms with Gasteiger partial charge in [-0.25, -0.2) is 19.3 Å². The fourth-order valence-electron chi connectivity index (χ4n) is 3.08. The van der Waals surface area contributed by atoms with Gasteiger partial charge in [-0.15, -0.1) is 0 Å². The topological polar surface area (TPSA) is 115 Å². The van der Waals surface area contributed by atoms with Gasteiger partial charge in [0.15, 0.2) is 5.65 Å². The molecule has 0 saturated heterocycles. The number of aromatic carboxylic acids is 1. The maximum Gasteiger partial charge on any atom is 0.415 e. The number of carboxylic acid groups (broad SMARTS) is 1. The van der Waals surface area contributed by atoms with E-state index in [1.54, 1.807) is 43.8 Å². The van der Waals surface area contributed by atoms with Gasteiger partial charge in [-0.05, 0) is 39.0 Å². The van der Waals surface area contributed by atoms with E-state index in [2.05, 4.69) is 15.2 Å². The van der Waals surface area contributed by atoms with Crippen LogP contribution in [0.2, 0.25) is 0 Å². The number of benzene rings is 1. The Morgan fingerprint density at radius 3 is 2.47 bits per heavy atom. The second-order valence-electron chi connectivity index (χ2n) is 8.12. The lowest BCUT2D eigenvalue weighted by Crippen LogP contribution is -2.35. The molecule has 0 fully saturated rings. The molecule has 1 N–H and O–H groups in total. The Morgan fingerprint density at radius 1 is 1.09 bits per heavy atom. The molecule has 1 amide bonds. The van der Waals surface area contributed by atoms with E-state index in [0.29, 0.717) is 17.2 Å². The van der Waals surface area contributed by atoms with Crippen LogP contribution in [0.25, 0.3) is 22.7 Å². The number of fused-ring (bicyclic) bond motifs is 1. The standard InChI is InChI=1S/C22H22N6O4/c1-22(2,3)32-21(31)26(4)18-12-17(24-19-15(20(29)30)13-23-28(18)19)16-10-11-27(25-16)14-8-6-5-7-9-14/h5-13H,1-4H3,(H,29,30). The highest BCUT2D eigenvalue weighted by atomic mass is 16.6. The molecule has 10 heteroatoms. The summed E-state index contributed by atoms with van der Waals surface area (Å²) in [6.07, 6.45) is 2.37. The zero-order valence-corrected chi connectivity index (χ0v) is 18.1. The molecule has 4 rings (SSSR count). The Bertz CT molecular complexity index is 1300. The van der Waals surface area contributed by atoms with Crippen molar-refractivity contribution in [2.75, 3.05) is 11.9 Å². The quantitative estimate of drug-likeness (QED) is 0.521. The van der Waals surface area contributed by atoms with Gasteiger partial charge in [0.25, 0.3) is 0 Å². The number of carbonyl (C=O) groups excluding carboxylic acids is 1. The van der Waals surface area contributed by atoms with Crippen LogP contribution in [0.1, 0.15) is 31.1 Å². The van der Waals surface area contributed by atoms with Gasteiger partial charge in [-0.2, -0.15) is 14.7 Å². The van der Waals surface area contributed by atoms with E-state index in [4.69, 9.17) is 4.74 Å². The normalized spacial score (nSPS) is 11.5. The minimum Gasteiger partial charge on any atom is -0.477 e. The first kappa shape index (κ1) is 21.0. The minimum absolute atomic E-state index is 0.0896. The van der Waals surface area contributed by atoms with Crippen molar-refractivity contribution < 1.29 is 19.4 Å². The van der Waals surface area contributed by atoms with Crippen LogP contribution >= 0.6 is 0 Å². The van der Waals surface area contributed by atoms with Crippen molar-refractivity contribution >= 4 is 23.5 Å². The summed E-state index contributed by atoms with van der Waals surface area (Å²) in [4.78, 5) is 30.1. The largest absolute Gasteiger partial charge is 0.477 e. The predicted molar refractivity (Wildman–Crippen MR) is 117 cm³/mol. The average Bonchev–Trinajstić information content (AvgIpc) is 3.39. The van der Waals surface area contributed by atoms with Crippen molar-refractivity contribution in [3.63, 3.8) is 0 Å². The molecule has 0 aliphatic heterocycles. The molecular formula is C22H22N6O4. The number of ether oxygens (including phenoxy) is 1. The molecule has 3 aromatic heterocycles. The third kappa shape index (κ3) is 4.02. The minimum atomic E-state index is -1.18. The zero-order chi connectivity index (χ0) is 23.0. The first-order valence-electron chi connectivity index (χ1n) is 9.84.